The summed E-state index contributed by atoms with van der Waals surface area (Å²) in [5.41, 5.74) is 0.873. The highest BCUT2D eigenvalue weighted by molar-refractivity contribution is 6.31. The standard InChI is InChI=1S/C14H18ClNO3/c1-14(2,3)19-13(18)16-7-6-11-8-10(9-17)4-5-12(11)15/h4-5,8-9H,6-7H2,1-3H3,(H,16,18). The van der Waals surface area contributed by atoms with Crippen LogP contribution in [-0.2, 0) is 11.2 Å². The lowest BCUT2D eigenvalue weighted by Gasteiger charge is -2.19. The first kappa shape index (κ1) is 15.5. The van der Waals surface area contributed by atoms with Crippen molar-refractivity contribution >= 4 is 24.0 Å². The van der Waals surface area contributed by atoms with E-state index in [1.54, 1.807) is 39.0 Å². The topological polar surface area (TPSA) is 55.4 Å². The second kappa shape index (κ2) is 6.57. The molecule has 0 aliphatic rings. The fourth-order valence-corrected chi connectivity index (χ4v) is 1.69. The number of rotatable bonds is 4. The fourth-order valence-electron chi connectivity index (χ4n) is 1.47. The molecule has 0 saturated carbocycles. The number of carbonyl (C=O) groups is 2. The van der Waals surface area contributed by atoms with Crippen molar-refractivity contribution in [3.63, 3.8) is 0 Å². The van der Waals surface area contributed by atoms with Crippen LogP contribution >= 0.6 is 11.6 Å². The van der Waals surface area contributed by atoms with Crippen molar-refractivity contribution in [2.75, 3.05) is 6.54 Å². The predicted molar refractivity (Wildman–Crippen MR) is 74.8 cm³/mol. The molecule has 0 atom stereocenters. The molecule has 0 aliphatic carbocycles. The van der Waals surface area contributed by atoms with E-state index in [-0.39, 0.29) is 0 Å². The maximum atomic E-state index is 11.4. The zero-order chi connectivity index (χ0) is 14.5. The lowest BCUT2D eigenvalue weighted by atomic mass is 10.1. The van der Waals surface area contributed by atoms with Gasteiger partial charge in [-0.3, -0.25) is 4.79 Å². The SMILES string of the molecule is CC(C)(C)OC(=O)NCCc1cc(C=O)ccc1Cl. The van der Waals surface area contributed by atoms with Crippen molar-refractivity contribution in [3.05, 3.63) is 34.3 Å². The number of nitrogens with one attached hydrogen (secondary N) is 1. The molecule has 0 spiro atoms. The maximum absolute atomic E-state index is 11.4. The quantitative estimate of drug-likeness (QED) is 0.863. The molecular weight excluding hydrogens is 266 g/mol. The van der Waals surface area contributed by atoms with E-state index >= 15 is 0 Å². The molecule has 1 rings (SSSR count). The molecule has 1 N–H and O–H groups in total. The lowest BCUT2D eigenvalue weighted by molar-refractivity contribution is 0.0528. The predicted octanol–water partition coefficient (Wildman–Crippen LogP) is 3.22. The van der Waals surface area contributed by atoms with Crippen molar-refractivity contribution in [1.82, 2.24) is 5.32 Å². The summed E-state index contributed by atoms with van der Waals surface area (Å²) < 4.78 is 5.11. The van der Waals surface area contributed by atoms with Gasteiger partial charge in [-0.05, 0) is 44.9 Å². The number of halogens is 1. The van der Waals surface area contributed by atoms with E-state index in [1.165, 1.54) is 0 Å². The number of ether oxygens (including phenoxy) is 1. The highest BCUT2D eigenvalue weighted by Crippen LogP contribution is 2.17. The van der Waals surface area contributed by atoms with Gasteiger partial charge in [0.2, 0.25) is 0 Å². The highest BCUT2D eigenvalue weighted by atomic mass is 35.5. The van der Waals surface area contributed by atoms with Crippen molar-refractivity contribution in [1.29, 1.82) is 0 Å². The molecule has 1 amide bonds. The first-order valence-electron chi connectivity index (χ1n) is 6.02. The first-order valence-corrected chi connectivity index (χ1v) is 6.40. The summed E-state index contributed by atoms with van der Waals surface area (Å²) in [6.45, 7) is 5.81. The van der Waals surface area contributed by atoms with Gasteiger partial charge in [-0.2, -0.15) is 0 Å². The van der Waals surface area contributed by atoms with Gasteiger partial charge in [0.25, 0.3) is 0 Å². The number of hydrogen-bond donors (Lipinski definition) is 1. The summed E-state index contributed by atoms with van der Waals surface area (Å²) in [6.07, 6.45) is 0.844. The Balaban J connectivity index is 2.49. The molecule has 0 radical (unpaired) electrons. The Kier molecular flexibility index (Phi) is 5.36. The first-order chi connectivity index (χ1) is 8.81. The molecule has 19 heavy (non-hydrogen) atoms. The molecule has 1 aromatic rings. The molecule has 0 bridgehead atoms. The Morgan fingerprint density at radius 3 is 2.68 bits per heavy atom. The van der Waals surface area contributed by atoms with E-state index in [2.05, 4.69) is 5.32 Å². The third kappa shape index (κ3) is 5.75. The number of amides is 1. The van der Waals surface area contributed by atoms with Crippen molar-refractivity contribution in [2.45, 2.75) is 32.8 Å². The van der Waals surface area contributed by atoms with E-state index in [0.717, 1.165) is 11.8 Å². The molecule has 0 heterocycles. The van der Waals surface area contributed by atoms with E-state index in [1.807, 2.05) is 0 Å². The molecule has 104 valence electrons. The van der Waals surface area contributed by atoms with E-state index in [4.69, 9.17) is 16.3 Å². The summed E-state index contributed by atoms with van der Waals surface area (Å²) >= 11 is 6.02. The Bertz CT molecular complexity index is 466. The minimum atomic E-state index is -0.515. The molecular formula is C14H18ClNO3. The van der Waals surface area contributed by atoms with E-state index in [9.17, 15) is 9.59 Å². The van der Waals surface area contributed by atoms with Crippen LogP contribution in [0.1, 0.15) is 36.7 Å². The average molecular weight is 284 g/mol. The van der Waals surface area contributed by atoms with Crippen LogP contribution in [0.15, 0.2) is 18.2 Å². The van der Waals surface area contributed by atoms with Gasteiger partial charge in [0.15, 0.2) is 0 Å². The van der Waals surface area contributed by atoms with E-state index in [0.29, 0.717) is 23.6 Å². The van der Waals surface area contributed by atoms with Gasteiger partial charge in [-0.15, -0.1) is 0 Å². The zero-order valence-electron chi connectivity index (χ0n) is 11.3. The summed E-state index contributed by atoms with van der Waals surface area (Å²) in [6, 6.07) is 5.04. The van der Waals surface area contributed by atoms with Crippen molar-refractivity contribution < 1.29 is 14.3 Å². The lowest BCUT2D eigenvalue weighted by Crippen LogP contribution is -2.33. The van der Waals surface area contributed by atoms with Crippen LogP contribution in [-0.4, -0.2) is 24.5 Å². The number of alkyl carbamates (subject to hydrolysis) is 1. The summed E-state index contributed by atoms with van der Waals surface area (Å²) in [5, 5.41) is 3.22. The second-order valence-electron chi connectivity index (χ2n) is 5.15. The Morgan fingerprint density at radius 1 is 1.42 bits per heavy atom. The molecule has 5 heteroatoms. The van der Waals surface area contributed by atoms with Crippen LogP contribution in [0, 0.1) is 0 Å². The third-order valence-electron chi connectivity index (χ3n) is 2.27. The summed E-state index contributed by atoms with van der Waals surface area (Å²) in [4.78, 5) is 22.1. The van der Waals surface area contributed by atoms with Crippen LogP contribution in [0.25, 0.3) is 0 Å². The van der Waals surface area contributed by atoms with Gasteiger partial charge in [-0.1, -0.05) is 17.7 Å². The normalized spacial score (nSPS) is 10.9. The summed E-state index contributed by atoms with van der Waals surface area (Å²) in [5.74, 6) is 0. The summed E-state index contributed by atoms with van der Waals surface area (Å²) in [7, 11) is 0. The highest BCUT2D eigenvalue weighted by Gasteiger charge is 2.15. The van der Waals surface area contributed by atoms with E-state index < -0.39 is 11.7 Å². The zero-order valence-corrected chi connectivity index (χ0v) is 12.1. The number of benzene rings is 1. The minimum Gasteiger partial charge on any atom is -0.444 e. The van der Waals surface area contributed by atoms with Gasteiger partial charge in [0, 0.05) is 17.1 Å². The monoisotopic (exact) mass is 283 g/mol. The third-order valence-corrected chi connectivity index (χ3v) is 2.64. The van der Waals surface area contributed by atoms with Crippen LogP contribution < -0.4 is 5.32 Å². The van der Waals surface area contributed by atoms with Gasteiger partial charge >= 0.3 is 6.09 Å². The Morgan fingerprint density at radius 2 is 2.11 bits per heavy atom. The van der Waals surface area contributed by atoms with Gasteiger partial charge in [0.05, 0.1) is 0 Å². The Labute approximate surface area is 118 Å². The maximum Gasteiger partial charge on any atom is 0.407 e. The van der Waals surface area contributed by atoms with Crippen LogP contribution in [0.5, 0.6) is 0 Å². The second-order valence-corrected chi connectivity index (χ2v) is 5.55. The van der Waals surface area contributed by atoms with Crippen molar-refractivity contribution in [3.8, 4) is 0 Å². The molecule has 0 aromatic heterocycles. The smallest absolute Gasteiger partial charge is 0.407 e. The fraction of sp³-hybridized carbons (Fsp3) is 0.429. The number of carbonyl (C=O) groups excluding carboxylic acids is 2. The molecule has 4 nitrogen and oxygen atoms in total. The average Bonchev–Trinajstić information content (AvgIpc) is 2.29. The molecule has 1 aromatic carbocycles. The molecule has 0 aliphatic heterocycles. The Hall–Kier alpha value is -1.55. The molecule has 0 unspecified atom stereocenters. The molecule has 0 saturated heterocycles. The largest absolute Gasteiger partial charge is 0.444 e. The van der Waals surface area contributed by atoms with Gasteiger partial charge in [-0.25, -0.2) is 4.79 Å². The minimum absolute atomic E-state index is 0.400. The van der Waals surface area contributed by atoms with Crippen LogP contribution in [0.2, 0.25) is 5.02 Å². The molecule has 0 fully saturated rings. The number of hydrogen-bond acceptors (Lipinski definition) is 3. The van der Waals surface area contributed by atoms with Crippen LogP contribution in [0.3, 0.4) is 0 Å². The van der Waals surface area contributed by atoms with Gasteiger partial charge < -0.3 is 10.1 Å². The van der Waals surface area contributed by atoms with Gasteiger partial charge in [0.1, 0.15) is 11.9 Å². The van der Waals surface area contributed by atoms with Crippen molar-refractivity contribution in [2.24, 2.45) is 0 Å². The number of aldehydes is 1. The van der Waals surface area contributed by atoms with Crippen LogP contribution in [0.4, 0.5) is 4.79 Å².